The third-order valence-electron chi connectivity index (χ3n) is 6.04. The molecule has 0 bridgehead atoms. The number of piperidine rings is 1. The van der Waals surface area contributed by atoms with E-state index in [1.807, 2.05) is 13.8 Å². The van der Waals surface area contributed by atoms with Crippen LogP contribution in [0.3, 0.4) is 0 Å². The fourth-order valence-corrected chi connectivity index (χ4v) is 4.49. The number of aromatic nitrogens is 4. The van der Waals surface area contributed by atoms with Gasteiger partial charge < -0.3 is 19.5 Å². The number of carbonyl (C=O) groups is 1. The molecule has 2 aromatic rings. The average molecular weight is 415 g/mol. The van der Waals surface area contributed by atoms with Gasteiger partial charge in [0.1, 0.15) is 12.2 Å². The Kier molecular flexibility index (Phi) is 6.82. The molecule has 0 aliphatic carbocycles. The van der Waals surface area contributed by atoms with Gasteiger partial charge in [0.25, 0.3) is 0 Å². The highest BCUT2D eigenvalue weighted by Crippen LogP contribution is 2.29. The van der Waals surface area contributed by atoms with Crippen LogP contribution in [0.1, 0.15) is 58.2 Å². The lowest BCUT2D eigenvalue weighted by atomic mass is 9.97. The van der Waals surface area contributed by atoms with E-state index in [1.165, 1.54) is 19.3 Å². The van der Waals surface area contributed by atoms with Crippen LogP contribution in [0, 0.1) is 5.92 Å². The summed E-state index contributed by atoms with van der Waals surface area (Å²) in [7, 11) is 0. The first-order valence-electron chi connectivity index (χ1n) is 11.5. The molecule has 0 aromatic carbocycles. The molecule has 1 atom stereocenters. The number of nitrogens with zero attached hydrogens (tertiary/aromatic N) is 5. The third kappa shape index (κ3) is 4.74. The Hall–Kier alpha value is -2.22. The van der Waals surface area contributed by atoms with Crippen molar-refractivity contribution < 1.29 is 9.53 Å². The van der Waals surface area contributed by atoms with Crippen molar-refractivity contribution in [3.63, 3.8) is 0 Å². The number of hydrogen-bond acceptors (Lipinski definition) is 6. The molecule has 0 unspecified atom stereocenters. The maximum absolute atomic E-state index is 12.7. The second-order valence-electron chi connectivity index (χ2n) is 8.71. The Morgan fingerprint density at radius 2 is 2.13 bits per heavy atom. The number of ether oxygens (including phenoxy) is 1. The summed E-state index contributed by atoms with van der Waals surface area (Å²) in [6.45, 7) is 7.96. The van der Waals surface area contributed by atoms with Gasteiger partial charge in [0.15, 0.2) is 17.0 Å². The quantitative estimate of drug-likeness (QED) is 0.701. The van der Waals surface area contributed by atoms with Crippen LogP contribution in [0.4, 0.5) is 5.82 Å². The van der Waals surface area contributed by atoms with E-state index in [-0.39, 0.29) is 17.9 Å². The Balaban J connectivity index is 1.42. The van der Waals surface area contributed by atoms with E-state index in [2.05, 4.69) is 24.8 Å². The van der Waals surface area contributed by atoms with Crippen LogP contribution in [0.25, 0.3) is 11.2 Å². The van der Waals surface area contributed by atoms with Crippen LogP contribution in [-0.4, -0.2) is 57.8 Å². The number of fused-ring (bicyclic) bond motifs is 3. The zero-order chi connectivity index (χ0) is 20.9. The fourth-order valence-electron chi connectivity index (χ4n) is 4.49. The zero-order valence-corrected chi connectivity index (χ0v) is 18.3. The predicted octanol–water partition coefficient (Wildman–Crippen LogP) is 2.70. The molecule has 1 saturated heterocycles. The molecule has 4 heterocycles. The molecule has 8 nitrogen and oxygen atoms in total. The lowest BCUT2D eigenvalue weighted by Gasteiger charge is -2.32. The minimum Gasteiger partial charge on any atom is -0.379 e. The molecule has 4 rings (SSSR count). The van der Waals surface area contributed by atoms with Crippen molar-refractivity contribution >= 4 is 22.9 Å². The molecule has 0 spiro atoms. The molecular weight excluding hydrogens is 380 g/mol. The first-order chi connectivity index (χ1) is 14.6. The Bertz CT molecular complexity index is 865. The molecule has 1 fully saturated rings. The van der Waals surface area contributed by atoms with Crippen molar-refractivity contribution in [1.29, 1.82) is 0 Å². The van der Waals surface area contributed by atoms with Gasteiger partial charge in [0, 0.05) is 39.2 Å². The van der Waals surface area contributed by atoms with Gasteiger partial charge in [-0.1, -0.05) is 6.42 Å². The molecule has 0 radical (unpaired) electrons. The normalized spacial score (nSPS) is 19.7. The highest BCUT2D eigenvalue weighted by Gasteiger charge is 2.28. The van der Waals surface area contributed by atoms with E-state index in [9.17, 15) is 4.79 Å². The van der Waals surface area contributed by atoms with Crippen LogP contribution in [-0.2, 0) is 22.5 Å². The first kappa shape index (κ1) is 21.0. The van der Waals surface area contributed by atoms with E-state index in [0.29, 0.717) is 19.7 Å². The Labute approximate surface area is 178 Å². The maximum Gasteiger partial charge on any atom is 0.224 e. The van der Waals surface area contributed by atoms with Crippen molar-refractivity contribution in [1.82, 2.24) is 24.8 Å². The standard InChI is InChI=1S/C22H34N6O2/c1-16(2)30-13-7-10-23-22(29)17-8-6-11-27(14-17)20-19-21(25-15-24-20)28-12-5-3-4-9-18(28)26-19/h15-17H,3-14H2,1-2H3,(H,23,29)/t17-/m0/s1. The zero-order valence-electron chi connectivity index (χ0n) is 18.3. The van der Waals surface area contributed by atoms with Gasteiger partial charge in [0.05, 0.1) is 12.0 Å². The van der Waals surface area contributed by atoms with Gasteiger partial charge in [-0.3, -0.25) is 4.79 Å². The number of nitrogens with one attached hydrogen (secondary N) is 1. The molecule has 1 N–H and O–H groups in total. The monoisotopic (exact) mass is 414 g/mol. The molecule has 0 saturated carbocycles. The van der Waals surface area contributed by atoms with E-state index in [1.54, 1.807) is 6.33 Å². The molecule has 2 aliphatic rings. The number of aryl methyl sites for hydroxylation is 2. The molecule has 30 heavy (non-hydrogen) atoms. The smallest absolute Gasteiger partial charge is 0.224 e. The number of anilines is 1. The number of amides is 1. The molecule has 1 amide bonds. The predicted molar refractivity (Wildman–Crippen MR) is 117 cm³/mol. The summed E-state index contributed by atoms with van der Waals surface area (Å²) >= 11 is 0. The van der Waals surface area contributed by atoms with Gasteiger partial charge in [-0.2, -0.15) is 0 Å². The van der Waals surface area contributed by atoms with Crippen molar-refractivity contribution in [2.24, 2.45) is 5.92 Å². The van der Waals surface area contributed by atoms with E-state index in [4.69, 9.17) is 9.72 Å². The summed E-state index contributed by atoms with van der Waals surface area (Å²) in [5.41, 5.74) is 1.83. The molecule has 8 heteroatoms. The van der Waals surface area contributed by atoms with E-state index in [0.717, 1.165) is 61.6 Å². The fraction of sp³-hybridized carbons (Fsp3) is 0.727. The van der Waals surface area contributed by atoms with Gasteiger partial charge in [-0.15, -0.1) is 0 Å². The Morgan fingerprint density at radius 1 is 1.23 bits per heavy atom. The van der Waals surface area contributed by atoms with Crippen LogP contribution in [0.15, 0.2) is 6.33 Å². The average Bonchev–Trinajstić information content (AvgIpc) is 2.94. The Morgan fingerprint density at radius 3 is 3.00 bits per heavy atom. The highest BCUT2D eigenvalue weighted by molar-refractivity contribution is 5.85. The van der Waals surface area contributed by atoms with E-state index >= 15 is 0 Å². The minimum atomic E-state index is -0.0183. The summed E-state index contributed by atoms with van der Waals surface area (Å²) < 4.78 is 7.81. The van der Waals surface area contributed by atoms with Crippen LogP contribution in [0.2, 0.25) is 0 Å². The van der Waals surface area contributed by atoms with Gasteiger partial charge in [-0.05, 0) is 46.0 Å². The van der Waals surface area contributed by atoms with Gasteiger partial charge in [0.2, 0.25) is 5.91 Å². The molecule has 2 aliphatic heterocycles. The lowest BCUT2D eigenvalue weighted by Crippen LogP contribution is -2.43. The SMILES string of the molecule is CC(C)OCCCNC(=O)[C@H]1CCCN(c2ncnc3c2nc2n3CCCCC2)C1. The molecule has 2 aromatic heterocycles. The topological polar surface area (TPSA) is 85.2 Å². The summed E-state index contributed by atoms with van der Waals surface area (Å²) in [6, 6.07) is 0. The second kappa shape index (κ2) is 9.73. The molecule has 164 valence electrons. The van der Waals surface area contributed by atoms with Crippen LogP contribution >= 0.6 is 0 Å². The number of carbonyl (C=O) groups excluding carboxylic acids is 1. The maximum atomic E-state index is 12.7. The largest absolute Gasteiger partial charge is 0.379 e. The van der Waals surface area contributed by atoms with Crippen LogP contribution < -0.4 is 10.2 Å². The molecular formula is C22H34N6O2. The summed E-state index contributed by atoms with van der Waals surface area (Å²) in [5.74, 6) is 2.12. The summed E-state index contributed by atoms with van der Waals surface area (Å²) in [5, 5.41) is 3.08. The number of imidazole rings is 1. The third-order valence-corrected chi connectivity index (χ3v) is 6.04. The second-order valence-corrected chi connectivity index (χ2v) is 8.71. The van der Waals surface area contributed by atoms with Gasteiger partial charge in [-0.25, -0.2) is 15.0 Å². The van der Waals surface area contributed by atoms with Crippen molar-refractivity contribution in [3.8, 4) is 0 Å². The minimum absolute atomic E-state index is 0.0183. The van der Waals surface area contributed by atoms with E-state index < -0.39 is 0 Å². The lowest BCUT2D eigenvalue weighted by molar-refractivity contribution is -0.125. The summed E-state index contributed by atoms with van der Waals surface area (Å²) in [6.07, 6.45) is 9.22. The number of hydrogen-bond donors (Lipinski definition) is 1. The van der Waals surface area contributed by atoms with Crippen molar-refractivity contribution in [2.45, 2.75) is 71.4 Å². The van der Waals surface area contributed by atoms with Crippen molar-refractivity contribution in [3.05, 3.63) is 12.2 Å². The summed E-state index contributed by atoms with van der Waals surface area (Å²) in [4.78, 5) is 29.0. The number of rotatable bonds is 7. The highest BCUT2D eigenvalue weighted by atomic mass is 16.5. The van der Waals surface area contributed by atoms with Gasteiger partial charge >= 0.3 is 0 Å². The van der Waals surface area contributed by atoms with Crippen molar-refractivity contribution in [2.75, 3.05) is 31.1 Å². The first-order valence-corrected chi connectivity index (χ1v) is 11.5. The van der Waals surface area contributed by atoms with Crippen LogP contribution in [0.5, 0.6) is 0 Å².